The van der Waals surface area contributed by atoms with Crippen molar-refractivity contribution in [1.82, 2.24) is 0 Å². The van der Waals surface area contributed by atoms with E-state index in [9.17, 15) is 4.79 Å². The molecule has 0 radical (unpaired) electrons. The van der Waals surface area contributed by atoms with Gasteiger partial charge in [-0.1, -0.05) is 135 Å². The van der Waals surface area contributed by atoms with E-state index >= 15 is 0 Å². The van der Waals surface area contributed by atoms with Gasteiger partial charge < -0.3 is 9.47 Å². The molecule has 3 nitrogen and oxygen atoms in total. The Hall–Kier alpha value is -3.85. The van der Waals surface area contributed by atoms with E-state index in [0.29, 0.717) is 0 Å². The number of carbonyl (C=O) groups excluding carboxylic acids is 1. The Balaban J connectivity index is 1.57. The molecule has 0 bridgehead atoms. The molecule has 0 N–H and O–H groups in total. The van der Waals surface area contributed by atoms with Gasteiger partial charge in [0.1, 0.15) is 12.2 Å². The number of hydrogen-bond donors (Lipinski definition) is 0. The summed E-state index contributed by atoms with van der Waals surface area (Å²) in [5, 5.41) is 0. The van der Waals surface area contributed by atoms with Crippen LogP contribution >= 0.6 is 0 Å². The smallest absolute Gasteiger partial charge is 0.426 e. The van der Waals surface area contributed by atoms with E-state index in [1.165, 1.54) is 11.1 Å². The maximum absolute atomic E-state index is 13.5. The second-order valence-electron chi connectivity index (χ2n) is 9.86. The summed E-state index contributed by atoms with van der Waals surface area (Å²) in [5.41, 5.74) is 4.43. The molecule has 0 aromatic heterocycles. The number of hydrogen-bond acceptors (Lipinski definition) is 3. The van der Waals surface area contributed by atoms with Crippen LogP contribution < -0.4 is 0 Å². The first-order valence-electron chi connectivity index (χ1n) is 13.7. The lowest BCUT2D eigenvalue weighted by Gasteiger charge is -2.30. The third kappa shape index (κ3) is 7.58. The SMILES string of the molecule is CCC(Cc1ccccc1)C(OC(=O)OC(c1ccccc1)C(CC)Cc1ccccc1)c1ccccc1. The van der Waals surface area contributed by atoms with Crippen LogP contribution in [0, 0.1) is 11.8 Å². The van der Waals surface area contributed by atoms with E-state index < -0.39 is 18.4 Å². The van der Waals surface area contributed by atoms with Crippen molar-refractivity contribution in [2.24, 2.45) is 11.8 Å². The molecule has 4 aromatic carbocycles. The van der Waals surface area contributed by atoms with Crippen LogP contribution in [0.4, 0.5) is 4.79 Å². The van der Waals surface area contributed by atoms with Crippen LogP contribution in [0.1, 0.15) is 61.2 Å². The highest BCUT2D eigenvalue weighted by molar-refractivity contribution is 5.61. The number of carbonyl (C=O) groups is 1. The molecule has 0 aliphatic rings. The predicted molar refractivity (Wildman–Crippen MR) is 154 cm³/mol. The van der Waals surface area contributed by atoms with Crippen LogP contribution in [0.2, 0.25) is 0 Å². The van der Waals surface area contributed by atoms with E-state index in [4.69, 9.17) is 9.47 Å². The first kappa shape index (κ1) is 27.2. The Morgan fingerprint density at radius 3 is 1.16 bits per heavy atom. The summed E-state index contributed by atoms with van der Waals surface area (Å²) in [5.74, 6) is 0.239. The quantitative estimate of drug-likeness (QED) is 0.180. The third-order valence-corrected chi connectivity index (χ3v) is 7.29. The Morgan fingerprint density at radius 2 is 0.842 bits per heavy atom. The second-order valence-corrected chi connectivity index (χ2v) is 9.86. The van der Waals surface area contributed by atoms with Crippen molar-refractivity contribution >= 4 is 6.16 Å². The summed E-state index contributed by atoms with van der Waals surface area (Å²) in [7, 11) is 0. The van der Waals surface area contributed by atoms with Crippen molar-refractivity contribution in [3.05, 3.63) is 144 Å². The molecule has 0 saturated heterocycles. The van der Waals surface area contributed by atoms with Crippen LogP contribution in [0.5, 0.6) is 0 Å². The van der Waals surface area contributed by atoms with E-state index in [1.54, 1.807) is 0 Å². The minimum atomic E-state index is -0.620. The zero-order chi connectivity index (χ0) is 26.6. The second kappa shape index (κ2) is 14.2. The highest BCUT2D eigenvalue weighted by Crippen LogP contribution is 2.35. The average Bonchev–Trinajstić information content (AvgIpc) is 2.98. The Morgan fingerprint density at radius 1 is 0.526 bits per heavy atom. The van der Waals surface area contributed by atoms with Crippen LogP contribution in [0.25, 0.3) is 0 Å². The minimum absolute atomic E-state index is 0.119. The molecule has 4 unspecified atom stereocenters. The maximum atomic E-state index is 13.5. The van der Waals surface area contributed by atoms with E-state index in [1.807, 2.05) is 72.8 Å². The normalized spacial score (nSPS) is 14.2. The summed E-state index contributed by atoms with van der Waals surface area (Å²) in [4.78, 5) is 13.5. The summed E-state index contributed by atoms with van der Waals surface area (Å²) in [6.45, 7) is 4.30. The van der Waals surface area contributed by atoms with Gasteiger partial charge in [0, 0.05) is 11.8 Å². The van der Waals surface area contributed by atoms with Gasteiger partial charge in [-0.3, -0.25) is 0 Å². The largest absolute Gasteiger partial charge is 0.509 e. The molecule has 0 saturated carbocycles. The van der Waals surface area contributed by atoms with Crippen LogP contribution in [-0.4, -0.2) is 6.16 Å². The summed E-state index contributed by atoms with van der Waals surface area (Å²) < 4.78 is 12.4. The van der Waals surface area contributed by atoms with Gasteiger partial charge in [0.25, 0.3) is 0 Å². The molecule has 4 rings (SSSR count). The Kier molecular flexibility index (Phi) is 10.1. The molecule has 3 heteroatoms. The van der Waals surface area contributed by atoms with Crippen molar-refractivity contribution in [2.75, 3.05) is 0 Å². The van der Waals surface area contributed by atoms with Crippen molar-refractivity contribution in [2.45, 2.75) is 51.7 Å². The molecule has 0 fully saturated rings. The topological polar surface area (TPSA) is 35.5 Å². The molecule has 0 amide bonds. The van der Waals surface area contributed by atoms with Crippen LogP contribution in [0.15, 0.2) is 121 Å². The molecule has 0 aliphatic heterocycles. The number of rotatable bonds is 12. The highest BCUT2D eigenvalue weighted by atomic mass is 16.7. The van der Waals surface area contributed by atoms with Gasteiger partial charge in [-0.05, 0) is 47.9 Å². The number of ether oxygens (including phenoxy) is 2. The zero-order valence-corrected chi connectivity index (χ0v) is 22.4. The average molecular weight is 507 g/mol. The van der Waals surface area contributed by atoms with Crippen molar-refractivity contribution < 1.29 is 14.3 Å². The lowest BCUT2D eigenvalue weighted by molar-refractivity contribution is -0.0353. The predicted octanol–water partition coefficient (Wildman–Crippen LogP) is 9.16. The molecule has 196 valence electrons. The van der Waals surface area contributed by atoms with Gasteiger partial charge in [0.2, 0.25) is 0 Å². The Bertz CT molecular complexity index is 1110. The molecule has 0 aliphatic carbocycles. The van der Waals surface area contributed by atoms with Gasteiger partial charge in [0.15, 0.2) is 0 Å². The molecule has 0 heterocycles. The van der Waals surface area contributed by atoms with E-state index in [0.717, 1.165) is 36.8 Å². The fourth-order valence-corrected chi connectivity index (χ4v) is 5.16. The summed E-state index contributed by atoms with van der Waals surface area (Å²) >= 11 is 0. The molecule has 38 heavy (non-hydrogen) atoms. The van der Waals surface area contributed by atoms with Crippen molar-refractivity contribution in [3.8, 4) is 0 Å². The van der Waals surface area contributed by atoms with Gasteiger partial charge >= 0.3 is 6.16 Å². The van der Waals surface area contributed by atoms with Crippen molar-refractivity contribution in [3.63, 3.8) is 0 Å². The van der Waals surface area contributed by atoms with Gasteiger partial charge in [0.05, 0.1) is 0 Å². The lowest BCUT2D eigenvalue weighted by atomic mass is 9.87. The van der Waals surface area contributed by atoms with E-state index in [2.05, 4.69) is 62.4 Å². The van der Waals surface area contributed by atoms with Gasteiger partial charge in [-0.2, -0.15) is 0 Å². The summed E-state index contributed by atoms with van der Waals surface area (Å²) in [6, 6.07) is 40.8. The monoisotopic (exact) mass is 506 g/mol. The first-order valence-corrected chi connectivity index (χ1v) is 13.7. The van der Waals surface area contributed by atoms with Gasteiger partial charge in [-0.15, -0.1) is 0 Å². The number of benzene rings is 4. The first-order chi connectivity index (χ1) is 18.7. The zero-order valence-electron chi connectivity index (χ0n) is 22.4. The molecule has 0 spiro atoms. The fraction of sp³-hybridized carbons (Fsp3) is 0.286. The molecule has 4 aromatic rings. The highest BCUT2D eigenvalue weighted by Gasteiger charge is 2.31. The molecular weight excluding hydrogens is 468 g/mol. The van der Waals surface area contributed by atoms with Crippen molar-refractivity contribution in [1.29, 1.82) is 0 Å². The molecule has 4 atom stereocenters. The third-order valence-electron chi connectivity index (χ3n) is 7.29. The minimum Gasteiger partial charge on any atom is -0.426 e. The fourth-order valence-electron chi connectivity index (χ4n) is 5.16. The lowest BCUT2D eigenvalue weighted by Crippen LogP contribution is -2.26. The standard InChI is InChI=1S/C35H38O3/c1-3-29(25-27-17-9-5-10-18-27)33(31-21-13-7-14-22-31)37-35(36)38-34(32-23-15-8-16-24-32)30(4-2)26-28-19-11-6-12-20-28/h5-24,29-30,33-34H,3-4,25-26H2,1-2H3. The van der Waals surface area contributed by atoms with Gasteiger partial charge in [-0.25, -0.2) is 4.79 Å². The summed E-state index contributed by atoms with van der Waals surface area (Å²) in [6.07, 6.45) is 1.95. The maximum Gasteiger partial charge on any atom is 0.509 e. The van der Waals surface area contributed by atoms with Crippen LogP contribution in [0.3, 0.4) is 0 Å². The van der Waals surface area contributed by atoms with Crippen LogP contribution in [-0.2, 0) is 22.3 Å². The van der Waals surface area contributed by atoms with E-state index in [-0.39, 0.29) is 11.8 Å². The Labute approximate surface area is 227 Å². The molecular formula is C35H38O3.